The summed E-state index contributed by atoms with van der Waals surface area (Å²) in [5.41, 5.74) is 1.95. The summed E-state index contributed by atoms with van der Waals surface area (Å²) in [6.45, 7) is 0. The molecule has 0 radical (unpaired) electrons. The highest BCUT2D eigenvalue weighted by Gasteiger charge is 2.19. The van der Waals surface area contributed by atoms with Gasteiger partial charge in [-0.25, -0.2) is 19.9 Å². The van der Waals surface area contributed by atoms with Gasteiger partial charge in [0.05, 0.1) is 16.2 Å². The van der Waals surface area contributed by atoms with Crippen molar-refractivity contribution in [3.05, 3.63) is 40.8 Å². The predicted octanol–water partition coefficient (Wildman–Crippen LogP) is 4.39. The van der Waals surface area contributed by atoms with Crippen molar-refractivity contribution in [3.63, 3.8) is 0 Å². The zero-order valence-corrected chi connectivity index (χ0v) is 15.8. The second kappa shape index (κ2) is 7.62. The number of ketones is 1. The van der Waals surface area contributed by atoms with Crippen LogP contribution in [0.25, 0.3) is 11.0 Å². The van der Waals surface area contributed by atoms with E-state index in [0.29, 0.717) is 51.5 Å². The van der Waals surface area contributed by atoms with Crippen molar-refractivity contribution in [2.75, 3.05) is 10.6 Å². The Labute approximate surface area is 165 Å². The summed E-state index contributed by atoms with van der Waals surface area (Å²) in [4.78, 5) is 28.8. The Morgan fingerprint density at radius 3 is 2.63 bits per heavy atom. The molecule has 9 heteroatoms. The molecule has 0 saturated heterocycles. The first-order valence-corrected chi connectivity index (χ1v) is 9.32. The van der Waals surface area contributed by atoms with Crippen LogP contribution in [0, 0.1) is 0 Å². The van der Waals surface area contributed by atoms with Gasteiger partial charge in [-0.15, -0.1) is 0 Å². The summed E-state index contributed by atoms with van der Waals surface area (Å²) in [6, 6.07) is 5.43. The van der Waals surface area contributed by atoms with Crippen LogP contribution in [-0.4, -0.2) is 31.8 Å². The van der Waals surface area contributed by atoms with Gasteiger partial charge in [0, 0.05) is 24.6 Å². The summed E-state index contributed by atoms with van der Waals surface area (Å²) in [5, 5.41) is 7.43. The van der Waals surface area contributed by atoms with E-state index in [9.17, 15) is 4.79 Å². The van der Waals surface area contributed by atoms with Gasteiger partial charge in [-0.1, -0.05) is 23.2 Å². The third kappa shape index (κ3) is 4.09. The van der Waals surface area contributed by atoms with Gasteiger partial charge in [-0.2, -0.15) is 0 Å². The van der Waals surface area contributed by atoms with E-state index in [4.69, 9.17) is 23.2 Å². The lowest BCUT2D eigenvalue weighted by atomic mass is 9.94. The monoisotopic (exact) mass is 402 g/mol. The Kier molecular flexibility index (Phi) is 5.05. The number of anilines is 3. The van der Waals surface area contributed by atoms with E-state index in [1.165, 1.54) is 6.33 Å². The standard InChI is InChI=1S/C18H16Cl2N6O/c19-13-6-3-11(7-14(13)20)24-17-16-15(22-9-23-17)8-21-18(26-16)25-10-1-4-12(27)5-2-10/h3,6-10H,1-2,4-5H2,(H,21,25,26)(H,22,23,24). The fourth-order valence-corrected chi connectivity index (χ4v) is 3.29. The molecule has 1 aliphatic rings. The number of carbonyl (C=O) groups is 1. The molecule has 1 fully saturated rings. The quantitative estimate of drug-likeness (QED) is 0.667. The van der Waals surface area contributed by atoms with Gasteiger partial charge in [0.2, 0.25) is 5.95 Å². The molecule has 1 aromatic carbocycles. The largest absolute Gasteiger partial charge is 0.351 e. The molecule has 0 spiro atoms. The van der Waals surface area contributed by atoms with E-state index in [1.807, 2.05) is 6.07 Å². The third-order valence-electron chi connectivity index (χ3n) is 4.44. The number of carbonyl (C=O) groups excluding carboxylic acids is 1. The van der Waals surface area contributed by atoms with Crippen molar-refractivity contribution in [1.29, 1.82) is 0 Å². The van der Waals surface area contributed by atoms with E-state index in [1.54, 1.807) is 18.3 Å². The van der Waals surface area contributed by atoms with Gasteiger partial charge < -0.3 is 10.6 Å². The molecule has 0 bridgehead atoms. The van der Waals surface area contributed by atoms with Crippen LogP contribution in [0.15, 0.2) is 30.7 Å². The van der Waals surface area contributed by atoms with Crippen LogP contribution in [0.4, 0.5) is 17.5 Å². The van der Waals surface area contributed by atoms with E-state index in [0.717, 1.165) is 18.5 Å². The predicted molar refractivity (Wildman–Crippen MR) is 106 cm³/mol. The molecular weight excluding hydrogens is 387 g/mol. The average Bonchev–Trinajstić information content (AvgIpc) is 2.67. The number of hydrogen-bond acceptors (Lipinski definition) is 7. The summed E-state index contributed by atoms with van der Waals surface area (Å²) < 4.78 is 0. The molecule has 2 aromatic heterocycles. The van der Waals surface area contributed by atoms with E-state index in [2.05, 4.69) is 30.6 Å². The zero-order chi connectivity index (χ0) is 18.8. The van der Waals surface area contributed by atoms with Crippen molar-refractivity contribution in [2.45, 2.75) is 31.7 Å². The third-order valence-corrected chi connectivity index (χ3v) is 5.18. The highest BCUT2D eigenvalue weighted by Crippen LogP contribution is 2.28. The van der Waals surface area contributed by atoms with Crippen LogP contribution >= 0.6 is 23.2 Å². The van der Waals surface area contributed by atoms with Gasteiger partial charge in [0.15, 0.2) is 5.82 Å². The first kappa shape index (κ1) is 17.9. The second-order valence-electron chi connectivity index (χ2n) is 6.36. The summed E-state index contributed by atoms with van der Waals surface area (Å²) in [6.07, 6.45) is 5.88. The Morgan fingerprint density at radius 2 is 1.85 bits per heavy atom. The Morgan fingerprint density at radius 1 is 1.04 bits per heavy atom. The highest BCUT2D eigenvalue weighted by molar-refractivity contribution is 6.42. The van der Waals surface area contributed by atoms with Crippen LogP contribution in [-0.2, 0) is 4.79 Å². The molecular formula is C18H16Cl2N6O. The maximum Gasteiger partial charge on any atom is 0.223 e. The minimum absolute atomic E-state index is 0.191. The van der Waals surface area contributed by atoms with Gasteiger partial charge >= 0.3 is 0 Å². The number of nitrogens with one attached hydrogen (secondary N) is 2. The molecule has 0 amide bonds. The lowest BCUT2D eigenvalue weighted by Crippen LogP contribution is -2.26. The zero-order valence-electron chi connectivity index (χ0n) is 14.2. The summed E-state index contributed by atoms with van der Waals surface area (Å²) in [7, 11) is 0. The normalized spacial score (nSPS) is 15.1. The van der Waals surface area contributed by atoms with Crippen molar-refractivity contribution in [2.24, 2.45) is 0 Å². The minimum atomic E-state index is 0.191. The van der Waals surface area contributed by atoms with Crippen molar-refractivity contribution < 1.29 is 4.79 Å². The number of Topliss-reactive ketones (excluding diaryl/α,β-unsaturated/α-hetero) is 1. The van der Waals surface area contributed by atoms with Crippen LogP contribution in [0.1, 0.15) is 25.7 Å². The first-order valence-electron chi connectivity index (χ1n) is 8.56. The van der Waals surface area contributed by atoms with Gasteiger partial charge in [0.1, 0.15) is 23.1 Å². The number of nitrogens with zero attached hydrogens (tertiary/aromatic N) is 4. The number of fused-ring (bicyclic) bond motifs is 1. The SMILES string of the molecule is O=C1CCC(Nc2ncc3ncnc(Nc4ccc(Cl)c(Cl)c4)c3n2)CC1. The van der Waals surface area contributed by atoms with Gasteiger partial charge in [-0.05, 0) is 31.0 Å². The minimum Gasteiger partial charge on any atom is -0.351 e. The molecule has 27 heavy (non-hydrogen) atoms. The van der Waals surface area contributed by atoms with E-state index in [-0.39, 0.29) is 6.04 Å². The Balaban J connectivity index is 1.60. The van der Waals surface area contributed by atoms with Crippen LogP contribution in [0.3, 0.4) is 0 Å². The van der Waals surface area contributed by atoms with Crippen molar-refractivity contribution in [1.82, 2.24) is 19.9 Å². The fraction of sp³-hybridized carbons (Fsp3) is 0.278. The first-order chi connectivity index (χ1) is 13.1. The average molecular weight is 403 g/mol. The molecule has 7 nitrogen and oxygen atoms in total. The smallest absolute Gasteiger partial charge is 0.223 e. The maximum atomic E-state index is 11.4. The molecule has 0 unspecified atom stereocenters. The molecule has 2 heterocycles. The van der Waals surface area contributed by atoms with Crippen molar-refractivity contribution >= 4 is 57.5 Å². The Hall–Kier alpha value is -2.51. The lowest BCUT2D eigenvalue weighted by molar-refractivity contribution is -0.120. The number of halogens is 2. The van der Waals surface area contributed by atoms with Gasteiger partial charge in [0.25, 0.3) is 0 Å². The number of rotatable bonds is 4. The maximum absolute atomic E-state index is 11.4. The topological polar surface area (TPSA) is 92.7 Å². The number of hydrogen-bond donors (Lipinski definition) is 2. The molecule has 1 saturated carbocycles. The van der Waals surface area contributed by atoms with Crippen LogP contribution < -0.4 is 10.6 Å². The van der Waals surface area contributed by atoms with Crippen LogP contribution in [0.2, 0.25) is 10.0 Å². The fourth-order valence-electron chi connectivity index (χ4n) is 2.99. The molecule has 1 aliphatic carbocycles. The van der Waals surface area contributed by atoms with E-state index < -0.39 is 0 Å². The molecule has 2 N–H and O–H groups in total. The molecule has 138 valence electrons. The molecule has 0 atom stereocenters. The Bertz CT molecular complexity index is 1000. The van der Waals surface area contributed by atoms with Gasteiger partial charge in [-0.3, -0.25) is 4.79 Å². The molecule has 0 aliphatic heterocycles. The molecule has 4 rings (SSSR count). The van der Waals surface area contributed by atoms with E-state index >= 15 is 0 Å². The van der Waals surface area contributed by atoms with Crippen LogP contribution in [0.5, 0.6) is 0 Å². The molecule has 3 aromatic rings. The second-order valence-corrected chi connectivity index (χ2v) is 7.18. The number of aromatic nitrogens is 4. The number of benzene rings is 1. The lowest BCUT2D eigenvalue weighted by Gasteiger charge is -2.22. The highest BCUT2D eigenvalue weighted by atomic mass is 35.5. The van der Waals surface area contributed by atoms with Crippen molar-refractivity contribution in [3.8, 4) is 0 Å². The summed E-state index contributed by atoms with van der Waals surface area (Å²) in [5.74, 6) is 1.35. The summed E-state index contributed by atoms with van der Waals surface area (Å²) >= 11 is 12.0.